The number of hydrazine groups is 1. The number of anilines is 1. The lowest BCUT2D eigenvalue weighted by Gasteiger charge is -2.13. The van der Waals surface area contributed by atoms with Crippen molar-refractivity contribution in [2.45, 2.75) is 6.54 Å². The Morgan fingerprint density at radius 1 is 1.15 bits per heavy atom. The Labute approximate surface area is 127 Å². The van der Waals surface area contributed by atoms with Crippen molar-refractivity contribution in [2.75, 3.05) is 12.0 Å². The third kappa shape index (κ3) is 4.40. The van der Waals surface area contributed by atoms with Crippen LogP contribution in [0.4, 0.5) is 5.69 Å². The summed E-state index contributed by atoms with van der Waals surface area (Å²) in [6, 6.07) is 15.9. The Kier molecular flexibility index (Phi) is 5.65. The van der Waals surface area contributed by atoms with Gasteiger partial charge in [0.2, 0.25) is 0 Å². The quantitative estimate of drug-likeness (QED) is 0.590. The minimum Gasteiger partial charge on any atom is -0.489 e. The standard InChI is InChI=1S/C16H17BrN2O/c1-2-10-20-16-9-8-14(17)11-13(16)12-18-19-15-6-4-3-5-7-15/h2-9,11,18-19H,1,10,12H2. The zero-order valence-electron chi connectivity index (χ0n) is 11.1. The summed E-state index contributed by atoms with van der Waals surface area (Å²) in [6.07, 6.45) is 1.74. The van der Waals surface area contributed by atoms with Crippen molar-refractivity contribution in [3.05, 3.63) is 71.2 Å². The van der Waals surface area contributed by atoms with Crippen molar-refractivity contribution in [3.8, 4) is 5.75 Å². The van der Waals surface area contributed by atoms with Crippen LogP contribution in [0.15, 0.2) is 65.7 Å². The topological polar surface area (TPSA) is 33.3 Å². The molecule has 0 spiro atoms. The smallest absolute Gasteiger partial charge is 0.124 e. The van der Waals surface area contributed by atoms with Crippen molar-refractivity contribution in [3.63, 3.8) is 0 Å². The van der Waals surface area contributed by atoms with Crippen LogP contribution in [-0.4, -0.2) is 6.61 Å². The van der Waals surface area contributed by atoms with Gasteiger partial charge < -0.3 is 10.2 Å². The zero-order chi connectivity index (χ0) is 14.2. The first-order valence-electron chi connectivity index (χ1n) is 6.35. The fourth-order valence-corrected chi connectivity index (χ4v) is 2.15. The molecule has 0 bridgehead atoms. The second-order valence-corrected chi connectivity index (χ2v) is 5.11. The molecule has 0 radical (unpaired) electrons. The van der Waals surface area contributed by atoms with Gasteiger partial charge in [0.25, 0.3) is 0 Å². The van der Waals surface area contributed by atoms with E-state index in [-0.39, 0.29) is 0 Å². The summed E-state index contributed by atoms with van der Waals surface area (Å²) in [4.78, 5) is 0. The van der Waals surface area contributed by atoms with E-state index in [1.165, 1.54) is 0 Å². The average Bonchev–Trinajstić information content (AvgIpc) is 2.47. The second kappa shape index (κ2) is 7.72. The van der Waals surface area contributed by atoms with Crippen LogP contribution in [0.3, 0.4) is 0 Å². The van der Waals surface area contributed by atoms with Crippen LogP contribution >= 0.6 is 15.9 Å². The number of hydrogen-bond acceptors (Lipinski definition) is 3. The maximum absolute atomic E-state index is 5.64. The number of hydrogen-bond donors (Lipinski definition) is 2. The number of benzene rings is 2. The highest BCUT2D eigenvalue weighted by molar-refractivity contribution is 9.10. The van der Waals surface area contributed by atoms with Gasteiger partial charge in [-0.25, -0.2) is 5.43 Å². The largest absolute Gasteiger partial charge is 0.489 e. The van der Waals surface area contributed by atoms with Gasteiger partial charge in [-0.3, -0.25) is 0 Å². The molecular formula is C16H17BrN2O. The lowest BCUT2D eigenvalue weighted by Crippen LogP contribution is -2.21. The molecule has 20 heavy (non-hydrogen) atoms. The van der Waals surface area contributed by atoms with Crippen molar-refractivity contribution >= 4 is 21.6 Å². The molecule has 0 aliphatic heterocycles. The lowest BCUT2D eigenvalue weighted by atomic mass is 10.2. The Bertz CT molecular complexity index is 558. The average molecular weight is 333 g/mol. The van der Waals surface area contributed by atoms with E-state index in [1.54, 1.807) is 6.08 Å². The van der Waals surface area contributed by atoms with Gasteiger partial charge in [-0.05, 0) is 30.3 Å². The molecular weight excluding hydrogens is 316 g/mol. The first-order valence-corrected chi connectivity index (χ1v) is 7.15. The molecule has 2 rings (SSSR count). The number of para-hydroxylation sites is 1. The van der Waals surface area contributed by atoms with Crippen molar-refractivity contribution in [2.24, 2.45) is 0 Å². The summed E-state index contributed by atoms with van der Waals surface area (Å²) >= 11 is 3.48. The van der Waals surface area contributed by atoms with Crippen LogP contribution in [0.25, 0.3) is 0 Å². The third-order valence-electron chi connectivity index (χ3n) is 2.66. The molecule has 3 nitrogen and oxygen atoms in total. The SMILES string of the molecule is C=CCOc1ccc(Br)cc1CNNc1ccccc1. The van der Waals surface area contributed by atoms with Crippen LogP contribution < -0.4 is 15.6 Å². The molecule has 2 aromatic carbocycles. The minimum atomic E-state index is 0.501. The molecule has 2 N–H and O–H groups in total. The highest BCUT2D eigenvalue weighted by Crippen LogP contribution is 2.23. The number of ether oxygens (including phenoxy) is 1. The number of nitrogens with one attached hydrogen (secondary N) is 2. The molecule has 0 aliphatic carbocycles. The normalized spacial score (nSPS) is 10.1. The van der Waals surface area contributed by atoms with Crippen LogP contribution in [0.1, 0.15) is 5.56 Å². The van der Waals surface area contributed by atoms with Crippen LogP contribution in [0, 0.1) is 0 Å². The van der Waals surface area contributed by atoms with E-state index in [4.69, 9.17) is 4.74 Å². The molecule has 0 aromatic heterocycles. The van der Waals surface area contributed by atoms with Gasteiger partial charge in [0.15, 0.2) is 0 Å². The van der Waals surface area contributed by atoms with Crippen molar-refractivity contribution in [1.82, 2.24) is 5.43 Å². The van der Waals surface area contributed by atoms with Gasteiger partial charge in [-0.2, -0.15) is 0 Å². The molecule has 4 heteroatoms. The van der Waals surface area contributed by atoms with Gasteiger partial charge in [0.1, 0.15) is 12.4 Å². The van der Waals surface area contributed by atoms with E-state index in [0.717, 1.165) is 21.5 Å². The van der Waals surface area contributed by atoms with Gasteiger partial charge >= 0.3 is 0 Å². The summed E-state index contributed by atoms with van der Waals surface area (Å²) in [5.41, 5.74) is 8.44. The molecule has 0 saturated carbocycles. The first kappa shape index (κ1) is 14.6. The molecule has 0 unspecified atom stereocenters. The van der Waals surface area contributed by atoms with E-state index in [1.807, 2.05) is 48.5 Å². The summed E-state index contributed by atoms with van der Waals surface area (Å²) in [6.45, 7) is 4.82. The molecule has 0 fully saturated rings. The van der Waals surface area contributed by atoms with Gasteiger partial charge in [0.05, 0.1) is 0 Å². The van der Waals surface area contributed by atoms with Crippen molar-refractivity contribution in [1.29, 1.82) is 0 Å². The number of rotatable bonds is 7. The molecule has 2 aromatic rings. The maximum Gasteiger partial charge on any atom is 0.124 e. The first-order chi connectivity index (χ1) is 9.79. The van der Waals surface area contributed by atoms with Crippen LogP contribution in [0.5, 0.6) is 5.75 Å². The Hall–Kier alpha value is -1.78. The highest BCUT2D eigenvalue weighted by atomic mass is 79.9. The van der Waals surface area contributed by atoms with Gasteiger partial charge in [0, 0.05) is 22.3 Å². The summed E-state index contributed by atoms with van der Waals surface area (Å²) in [7, 11) is 0. The van der Waals surface area contributed by atoms with Crippen molar-refractivity contribution < 1.29 is 4.74 Å². The van der Waals surface area contributed by atoms with E-state index in [2.05, 4.69) is 33.4 Å². The second-order valence-electron chi connectivity index (χ2n) is 4.20. The summed E-state index contributed by atoms with van der Waals surface area (Å²) < 4.78 is 6.67. The Morgan fingerprint density at radius 2 is 1.95 bits per heavy atom. The van der Waals surface area contributed by atoms with Crippen LogP contribution in [0.2, 0.25) is 0 Å². The third-order valence-corrected chi connectivity index (χ3v) is 3.16. The monoisotopic (exact) mass is 332 g/mol. The number of halogens is 1. The Balaban J connectivity index is 1.97. The Morgan fingerprint density at radius 3 is 2.70 bits per heavy atom. The zero-order valence-corrected chi connectivity index (χ0v) is 12.7. The van der Waals surface area contributed by atoms with Gasteiger partial charge in [-0.1, -0.05) is 46.8 Å². The maximum atomic E-state index is 5.64. The molecule has 104 valence electrons. The molecule has 0 atom stereocenters. The summed E-state index contributed by atoms with van der Waals surface area (Å²) in [5.74, 6) is 0.857. The molecule has 0 saturated heterocycles. The van der Waals surface area contributed by atoms with E-state index >= 15 is 0 Å². The molecule has 0 amide bonds. The fraction of sp³-hybridized carbons (Fsp3) is 0.125. The van der Waals surface area contributed by atoms with E-state index in [9.17, 15) is 0 Å². The van der Waals surface area contributed by atoms with E-state index in [0.29, 0.717) is 13.2 Å². The predicted octanol–water partition coefficient (Wildman–Crippen LogP) is 4.13. The lowest BCUT2D eigenvalue weighted by molar-refractivity contribution is 0.358. The van der Waals surface area contributed by atoms with Gasteiger partial charge in [-0.15, -0.1) is 0 Å². The highest BCUT2D eigenvalue weighted by Gasteiger charge is 2.04. The minimum absolute atomic E-state index is 0.501. The molecule has 0 heterocycles. The molecule has 0 aliphatic rings. The predicted molar refractivity (Wildman–Crippen MR) is 86.7 cm³/mol. The van der Waals surface area contributed by atoms with E-state index < -0.39 is 0 Å². The fourth-order valence-electron chi connectivity index (χ4n) is 1.74. The summed E-state index contributed by atoms with van der Waals surface area (Å²) in [5, 5.41) is 0. The van der Waals surface area contributed by atoms with Crippen LogP contribution in [-0.2, 0) is 6.54 Å².